The van der Waals surface area contributed by atoms with E-state index in [0.717, 1.165) is 18.0 Å². The van der Waals surface area contributed by atoms with Crippen molar-refractivity contribution in [1.29, 1.82) is 0 Å². The van der Waals surface area contributed by atoms with Gasteiger partial charge in [-0.2, -0.15) is 0 Å². The predicted octanol–water partition coefficient (Wildman–Crippen LogP) is 8.26. The highest BCUT2D eigenvalue weighted by Gasteiger charge is 2.18. The van der Waals surface area contributed by atoms with Gasteiger partial charge >= 0.3 is 0 Å². The predicted molar refractivity (Wildman–Crippen MR) is 147 cm³/mol. The fourth-order valence-corrected chi connectivity index (χ4v) is 5.41. The van der Waals surface area contributed by atoms with Crippen LogP contribution in [-0.4, -0.2) is 19.0 Å². The molecule has 0 radical (unpaired) electrons. The molecule has 0 atom stereocenters. The summed E-state index contributed by atoms with van der Waals surface area (Å²) in [7, 11) is 0. The highest BCUT2D eigenvalue weighted by molar-refractivity contribution is 6.21. The van der Waals surface area contributed by atoms with Gasteiger partial charge in [-0.05, 0) is 72.8 Å². The number of ether oxygens (including phenoxy) is 1. The van der Waals surface area contributed by atoms with E-state index in [9.17, 15) is 0 Å². The minimum atomic E-state index is 0.659. The molecule has 0 amide bonds. The van der Waals surface area contributed by atoms with E-state index in [2.05, 4.69) is 120 Å². The number of fused-ring (bicyclic) bond motifs is 3. The van der Waals surface area contributed by atoms with E-state index in [0.29, 0.717) is 6.61 Å². The van der Waals surface area contributed by atoms with Crippen molar-refractivity contribution in [3.05, 3.63) is 121 Å². The molecule has 0 unspecified atom stereocenters. The van der Waals surface area contributed by atoms with Gasteiger partial charge in [0, 0.05) is 5.56 Å². The molecule has 0 saturated heterocycles. The lowest BCUT2D eigenvalue weighted by Crippen LogP contribution is -2.01. The van der Waals surface area contributed by atoms with Crippen molar-refractivity contribution in [3.63, 3.8) is 0 Å². The van der Waals surface area contributed by atoms with Gasteiger partial charge in [-0.15, -0.1) is 0 Å². The Labute approximate surface area is 204 Å². The summed E-state index contributed by atoms with van der Waals surface area (Å²) in [6, 6.07) is 41.5. The summed E-state index contributed by atoms with van der Waals surface area (Å²) in [4.78, 5) is 4.54. The molecule has 0 aromatic heterocycles. The van der Waals surface area contributed by atoms with E-state index in [1.807, 2.05) is 0 Å². The monoisotopic (exact) mass is 449 g/mol. The second kappa shape index (κ2) is 8.11. The molecule has 0 fully saturated rings. The highest BCUT2D eigenvalue weighted by Crippen LogP contribution is 2.44. The van der Waals surface area contributed by atoms with Crippen LogP contribution in [-0.2, 0) is 4.74 Å². The van der Waals surface area contributed by atoms with E-state index >= 15 is 0 Å². The first-order chi connectivity index (χ1) is 17.4. The molecule has 0 spiro atoms. The third kappa shape index (κ3) is 3.30. The molecule has 1 aliphatic rings. The van der Waals surface area contributed by atoms with E-state index in [1.54, 1.807) is 0 Å². The largest absolute Gasteiger partial charge is 0.476 e. The van der Waals surface area contributed by atoms with Crippen molar-refractivity contribution in [1.82, 2.24) is 0 Å². The Morgan fingerprint density at radius 1 is 0.486 bits per heavy atom. The number of nitrogens with zero attached hydrogens (tertiary/aromatic N) is 1. The normalized spacial score (nSPS) is 13.3. The molecule has 6 aromatic rings. The van der Waals surface area contributed by atoms with Gasteiger partial charge in [0.25, 0.3) is 0 Å². The third-order valence-electron chi connectivity index (χ3n) is 6.95. The highest BCUT2D eigenvalue weighted by atomic mass is 16.5. The number of hydrogen-bond acceptors (Lipinski definition) is 2. The number of benzene rings is 6. The van der Waals surface area contributed by atoms with Crippen LogP contribution in [0.1, 0.15) is 5.56 Å². The lowest BCUT2D eigenvalue weighted by Gasteiger charge is -2.18. The average Bonchev–Trinajstić information content (AvgIpc) is 3.47. The lowest BCUT2D eigenvalue weighted by atomic mass is 9.85. The summed E-state index contributed by atoms with van der Waals surface area (Å²) in [6.45, 7) is 1.39. The first kappa shape index (κ1) is 20.0. The second-order valence-electron chi connectivity index (χ2n) is 9.02. The fraction of sp³-hybridized carbons (Fsp3) is 0.0606. The van der Waals surface area contributed by atoms with Gasteiger partial charge in [0.1, 0.15) is 6.61 Å². The van der Waals surface area contributed by atoms with Crippen molar-refractivity contribution < 1.29 is 4.74 Å². The Morgan fingerprint density at radius 3 is 1.69 bits per heavy atom. The number of rotatable bonds is 3. The molecule has 35 heavy (non-hydrogen) atoms. The van der Waals surface area contributed by atoms with Crippen LogP contribution < -0.4 is 0 Å². The van der Waals surface area contributed by atoms with Crippen LogP contribution in [0.5, 0.6) is 0 Å². The quantitative estimate of drug-likeness (QED) is 0.249. The van der Waals surface area contributed by atoms with Gasteiger partial charge in [0.15, 0.2) is 0 Å². The van der Waals surface area contributed by atoms with Crippen LogP contribution in [0.2, 0.25) is 0 Å². The molecule has 0 bridgehead atoms. The number of aliphatic imine (C=N–C) groups is 1. The van der Waals surface area contributed by atoms with Crippen LogP contribution in [0.25, 0.3) is 54.6 Å². The molecule has 0 saturated carbocycles. The fourth-order valence-electron chi connectivity index (χ4n) is 5.41. The van der Waals surface area contributed by atoms with Gasteiger partial charge in [-0.1, -0.05) is 97.1 Å². The van der Waals surface area contributed by atoms with Crippen molar-refractivity contribution in [2.45, 2.75) is 0 Å². The van der Waals surface area contributed by atoms with Crippen molar-refractivity contribution in [3.8, 4) is 22.3 Å². The van der Waals surface area contributed by atoms with Gasteiger partial charge in [-0.25, -0.2) is 4.99 Å². The zero-order valence-corrected chi connectivity index (χ0v) is 19.2. The Bertz CT molecular complexity index is 1720. The molecule has 0 N–H and O–H groups in total. The Kier molecular flexibility index (Phi) is 4.63. The van der Waals surface area contributed by atoms with Crippen LogP contribution >= 0.6 is 0 Å². The van der Waals surface area contributed by atoms with E-state index in [1.165, 1.54) is 54.6 Å². The van der Waals surface area contributed by atoms with Gasteiger partial charge in [0.05, 0.1) is 6.54 Å². The smallest absolute Gasteiger partial charge is 0.216 e. The summed E-state index contributed by atoms with van der Waals surface area (Å²) in [6.07, 6.45) is 0. The molecule has 0 aliphatic carbocycles. The summed E-state index contributed by atoms with van der Waals surface area (Å²) in [5.41, 5.74) is 5.99. The molecule has 7 rings (SSSR count). The SMILES string of the molecule is c1cc(C2=NCCO2)cc(-c2c3ccccc3c(-c3ccc4ccccc4c3)c3ccccc23)c1. The standard InChI is InChI=1S/C33H23NO/c1-2-9-23-20-25(17-16-22(23)8-1)32-29-14-5-3-12-27(29)31(28-13-4-6-15-30(28)32)24-10-7-11-26(21-24)33-34-18-19-35-33/h1-17,20-21H,18-19H2. The van der Waals surface area contributed by atoms with Crippen LogP contribution in [0.15, 0.2) is 120 Å². The number of hydrogen-bond donors (Lipinski definition) is 0. The average molecular weight is 450 g/mol. The lowest BCUT2D eigenvalue weighted by molar-refractivity contribution is 0.348. The van der Waals surface area contributed by atoms with Crippen LogP contribution in [0, 0.1) is 0 Å². The molecule has 6 aromatic carbocycles. The minimum Gasteiger partial charge on any atom is -0.476 e. The Hall–Kier alpha value is -4.43. The van der Waals surface area contributed by atoms with Gasteiger partial charge in [0.2, 0.25) is 5.90 Å². The summed E-state index contributed by atoms with van der Waals surface area (Å²) < 4.78 is 5.77. The topological polar surface area (TPSA) is 21.6 Å². The summed E-state index contributed by atoms with van der Waals surface area (Å²) in [5.74, 6) is 0.744. The first-order valence-electron chi connectivity index (χ1n) is 12.1. The molecule has 1 heterocycles. The molecule has 2 heteroatoms. The van der Waals surface area contributed by atoms with Gasteiger partial charge < -0.3 is 4.74 Å². The van der Waals surface area contributed by atoms with E-state index < -0.39 is 0 Å². The summed E-state index contributed by atoms with van der Waals surface area (Å²) >= 11 is 0. The molecular weight excluding hydrogens is 426 g/mol. The Balaban J connectivity index is 1.55. The third-order valence-corrected chi connectivity index (χ3v) is 6.95. The second-order valence-corrected chi connectivity index (χ2v) is 9.02. The maximum absolute atomic E-state index is 5.77. The van der Waals surface area contributed by atoms with E-state index in [-0.39, 0.29) is 0 Å². The first-order valence-corrected chi connectivity index (χ1v) is 12.1. The van der Waals surface area contributed by atoms with Crippen LogP contribution in [0.3, 0.4) is 0 Å². The molecule has 166 valence electrons. The summed E-state index contributed by atoms with van der Waals surface area (Å²) in [5, 5.41) is 7.54. The van der Waals surface area contributed by atoms with Crippen molar-refractivity contribution in [2.24, 2.45) is 4.99 Å². The van der Waals surface area contributed by atoms with Crippen LogP contribution in [0.4, 0.5) is 0 Å². The maximum Gasteiger partial charge on any atom is 0.216 e. The van der Waals surface area contributed by atoms with Gasteiger partial charge in [-0.3, -0.25) is 0 Å². The minimum absolute atomic E-state index is 0.659. The van der Waals surface area contributed by atoms with Crippen molar-refractivity contribution >= 4 is 38.2 Å². The zero-order chi connectivity index (χ0) is 23.2. The Morgan fingerprint density at radius 2 is 1.06 bits per heavy atom. The van der Waals surface area contributed by atoms with E-state index in [4.69, 9.17) is 4.74 Å². The molecular formula is C33H23NO. The zero-order valence-electron chi connectivity index (χ0n) is 19.2. The molecule has 1 aliphatic heterocycles. The molecule has 2 nitrogen and oxygen atoms in total. The maximum atomic E-state index is 5.77. The van der Waals surface area contributed by atoms with Crippen molar-refractivity contribution in [2.75, 3.05) is 13.2 Å².